The van der Waals surface area contributed by atoms with E-state index in [-0.39, 0.29) is 11.8 Å². The summed E-state index contributed by atoms with van der Waals surface area (Å²) in [6.07, 6.45) is 29.1. The normalized spacial score (nSPS) is 11.8. The van der Waals surface area contributed by atoms with Crippen molar-refractivity contribution in [3.63, 3.8) is 0 Å². The number of carbonyl (C=O) groups is 2. The summed E-state index contributed by atoms with van der Waals surface area (Å²) in [5.74, 6) is -0.104. The van der Waals surface area contributed by atoms with E-state index in [1.807, 2.05) is 18.2 Å². The predicted octanol–water partition coefficient (Wildman–Crippen LogP) is 7.42. The number of pyridine rings is 1. The Kier molecular flexibility index (Phi) is 21.9. The molecule has 1 rings (SSSR count). The smallest absolute Gasteiger partial charge is 0.242 e. The van der Waals surface area contributed by atoms with E-state index in [1.54, 1.807) is 6.92 Å². The van der Waals surface area contributed by atoms with Crippen LogP contribution in [-0.2, 0) is 16.1 Å². The van der Waals surface area contributed by atoms with E-state index in [1.165, 1.54) is 96.3 Å². The van der Waals surface area contributed by atoms with Crippen LogP contribution in [0.4, 0.5) is 0 Å². The van der Waals surface area contributed by atoms with Crippen LogP contribution >= 0.6 is 0 Å². The first kappa shape index (κ1) is 33.1. The Hall–Kier alpha value is -1.91. The van der Waals surface area contributed by atoms with Crippen LogP contribution in [0.1, 0.15) is 142 Å². The molecule has 0 aliphatic rings. The molecular weight excluding hydrogens is 458 g/mol. The third-order valence-electron chi connectivity index (χ3n) is 7.20. The number of aryl methyl sites for hydroxylation is 1. The van der Waals surface area contributed by atoms with Gasteiger partial charge in [0.2, 0.25) is 11.8 Å². The Balaban J connectivity index is 1.84. The first-order valence-electron chi connectivity index (χ1n) is 15.6. The van der Waals surface area contributed by atoms with Crippen LogP contribution < -0.4 is 15.2 Å². The molecule has 0 saturated carbocycles. The molecule has 0 aromatic carbocycles. The number of unbranched alkanes of at least 4 members (excludes halogenated alkanes) is 17. The monoisotopic (exact) mass is 516 g/mol. The zero-order chi connectivity index (χ0) is 26.8. The second-order valence-corrected chi connectivity index (χ2v) is 10.8. The first-order chi connectivity index (χ1) is 18.1. The molecule has 0 aliphatic carbocycles. The van der Waals surface area contributed by atoms with Gasteiger partial charge >= 0.3 is 0 Å². The quantitative estimate of drug-likeness (QED) is 0.105. The highest BCUT2D eigenvalue weighted by molar-refractivity contribution is 5.87. The van der Waals surface area contributed by atoms with Crippen molar-refractivity contribution in [2.24, 2.45) is 0 Å². The zero-order valence-electron chi connectivity index (χ0n) is 24.3. The molecule has 0 unspecified atom stereocenters. The Bertz CT molecular complexity index is 665. The topological polar surface area (TPSA) is 62.1 Å². The van der Waals surface area contributed by atoms with Crippen molar-refractivity contribution < 1.29 is 14.2 Å². The number of amides is 2. The van der Waals surface area contributed by atoms with E-state index in [2.05, 4.69) is 34.5 Å². The van der Waals surface area contributed by atoms with Gasteiger partial charge in [-0.25, -0.2) is 4.57 Å². The molecule has 0 saturated heterocycles. The molecule has 1 atom stereocenters. The number of hydrogen-bond donors (Lipinski definition) is 2. The minimum absolute atomic E-state index is 0.0302. The van der Waals surface area contributed by atoms with E-state index in [0.29, 0.717) is 13.0 Å². The van der Waals surface area contributed by atoms with Crippen LogP contribution in [-0.4, -0.2) is 24.4 Å². The fourth-order valence-corrected chi connectivity index (χ4v) is 4.76. The van der Waals surface area contributed by atoms with Crippen LogP contribution in [0.25, 0.3) is 0 Å². The second kappa shape index (κ2) is 24.4. The van der Waals surface area contributed by atoms with Gasteiger partial charge in [0, 0.05) is 31.5 Å². The van der Waals surface area contributed by atoms with Crippen molar-refractivity contribution in [1.29, 1.82) is 0 Å². The van der Waals surface area contributed by atoms with Gasteiger partial charge in [-0.3, -0.25) is 9.59 Å². The highest BCUT2D eigenvalue weighted by Gasteiger charge is 2.14. The lowest BCUT2D eigenvalue weighted by molar-refractivity contribution is -0.697. The fourth-order valence-electron chi connectivity index (χ4n) is 4.76. The Labute approximate surface area is 228 Å². The van der Waals surface area contributed by atoms with Gasteiger partial charge in [0.25, 0.3) is 0 Å². The van der Waals surface area contributed by atoms with Crippen molar-refractivity contribution >= 4 is 11.8 Å². The van der Waals surface area contributed by atoms with E-state index in [0.717, 1.165) is 32.2 Å². The molecule has 212 valence electrons. The predicted molar refractivity (Wildman–Crippen MR) is 155 cm³/mol. The molecule has 5 nitrogen and oxygen atoms in total. The van der Waals surface area contributed by atoms with Gasteiger partial charge < -0.3 is 10.6 Å². The second-order valence-electron chi connectivity index (χ2n) is 10.8. The van der Waals surface area contributed by atoms with Gasteiger partial charge in [-0.15, -0.1) is 0 Å². The molecule has 0 radical (unpaired) electrons. The van der Waals surface area contributed by atoms with Crippen molar-refractivity contribution in [1.82, 2.24) is 10.6 Å². The number of carbonyl (C=O) groups excluding carboxylic acids is 2. The SMILES string of the molecule is CCCCCCCCCCCCCCCCCCNC(=O)[C@H](C)NC(=O)CCCCC[n+]1ccccc1. The summed E-state index contributed by atoms with van der Waals surface area (Å²) < 4.78 is 2.16. The lowest BCUT2D eigenvalue weighted by Crippen LogP contribution is -2.45. The number of nitrogens with one attached hydrogen (secondary N) is 2. The molecule has 0 spiro atoms. The maximum Gasteiger partial charge on any atom is 0.242 e. The van der Waals surface area contributed by atoms with Gasteiger partial charge in [-0.1, -0.05) is 109 Å². The molecule has 1 aromatic rings. The molecular formula is C32H58N3O2+. The molecule has 2 amide bonds. The standard InChI is InChI=1S/C32H57N3O2/c1-3-4-5-6-7-8-9-10-11-12-13-14-15-16-17-21-26-33-32(37)30(2)34-31(36)25-20-18-22-27-35-28-23-19-24-29-35/h19,23-24,28-30H,3-18,20-22,25-27H2,1-2H3,(H-,33,34,36,37)/p+1/t30-/m0/s1. The van der Waals surface area contributed by atoms with Crippen molar-refractivity contribution in [3.8, 4) is 0 Å². The lowest BCUT2D eigenvalue weighted by Gasteiger charge is -2.14. The van der Waals surface area contributed by atoms with E-state index in [4.69, 9.17) is 0 Å². The summed E-state index contributed by atoms with van der Waals surface area (Å²) in [4.78, 5) is 24.4. The lowest BCUT2D eigenvalue weighted by atomic mass is 10.0. The summed E-state index contributed by atoms with van der Waals surface area (Å²) in [6.45, 7) is 5.73. The first-order valence-corrected chi connectivity index (χ1v) is 15.6. The Morgan fingerprint density at radius 3 is 1.68 bits per heavy atom. The number of nitrogens with zero attached hydrogens (tertiary/aromatic N) is 1. The average molecular weight is 517 g/mol. The minimum Gasteiger partial charge on any atom is -0.354 e. The Morgan fingerprint density at radius 1 is 0.649 bits per heavy atom. The van der Waals surface area contributed by atoms with Crippen molar-refractivity contribution in [3.05, 3.63) is 30.6 Å². The number of rotatable bonds is 25. The molecule has 0 aliphatic heterocycles. The minimum atomic E-state index is -0.464. The summed E-state index contributed by atoms with van der Waals surface area (Å²) in [5.41, 5.74) is 0. The highest BCUT2D eigenvalue weighted by atomic mass is 16.2. The summed E-state index contributed by atoms with van der Waals surface area (Å²) in [7, 11) is 0. The Morgan fingerprint density at radius 2 is 1.14 bits per heavy atom. The highest BCUT2D eigenvalue weighted by Crippen LogP contribution is 2.13. The molecule has 1 heterocycles. The van der Waals surface area contributed by atoms with Crippen molar-refractivity contribution in [2.75, 3.05) is 6.54 Å². The van der Waals surface area contributed by atoms with Crippen LogP contribution in [0.3, 0.4) is 0 Å². The van der Waals surface area contributed by atoms with Crippen LogP contribution in [0.2, 0.25) is 0 Å². The molecule has 5 heteroatoms. The number of hydrogen-bond acceptors (Lipinski definition) is 2. The van der Waals surface area contributed by atoms with Crippen LogP contribution in [0.15, 0.2) is 30.6 Å². The third-order valence-corrected chi connectivity index (χ3v) is 7.20. The van der Waals surface area contributed by atoms with Gasteiger partial charge in [0.15, 0.2) is 12.4 Å². The summed E-state index contributed by atoms with van der Waals surface area (Å²) >= 11 is 0. The van der Waals surface area contributed by atoms with E-state index >= 15 is 0 Å². The van der Waals surface area contributed by atoms with E-state index < -0.39 is 6.04 Å². The molecule has 2 N–H and O–H groups in total. The molecule has 37 heavy (non-hydrogen) atoms. The number of aromatic nitrogens is 1. The van der Waals surface area contributed by atoms with Gasteiger partial charge in [0.1, 0.15) is 12.6 Å². The van der Waals surface area contributed by atoms with Gasteiger partial charge in [-0.2, -0.15) is 0 Å². The molecule has 0 fully saturated rings. The van der Waals surface area contributed by atoms with Gasteiger partial charge in [0.05, 0.1) is 0 Å². The zero-order valence-corrected chi connectivity index (χ0v) is 24.3. The maximum atomic E-state index is 12.2. The third kappa shape index (κ3) is 20.8. The van der Waals surface area contributed by atoms with Crippen LogP contribution in [0, 0.1) is 0 Å². The summed E-state index contributed by atoms with van der Waals surface area (Å²) in [5, 5.41) is 5.81. The maximum absolute atomic E-state index is 12.2. The van der Waals surface area contributed by atoms with Crippen LogP contribution in [0.5, 0.6) is 0 Å². The fraction of sp³-hybridized carbons (Fsp3) is 0.781. The average Bonchev–Trinajstić information content (AvgIpc) is 2.90. The molecule has 1 aromatic heterocycles. The molecule has 0 bridgehead atoms. The van der Waals surface area contributed by atoms with Crippen molar-refractivity contribution in [2.45, 2.75) is 155 Å². The summed E-state index contributed by atoms with van der Waals surface area (Å²) in [6, 6.07) is 5.61. The largest absolute Gasteiger partial charge is 0.354 e. The van der Waals surface area contributed by atoms with E-state index in [9.17, 15) is 9.59 Å². The van der Waals surface area contributed by atoms with Gasteiger partial charge in [-0.05, 0) is 26.2 Å².